The lowest BCUT2D eigenvalue weighted by Gasteiger charge is -2.05. The van der Waals surface area contributed by atoms with Crippen LogP contribution in [0.4, 0.5) is 0 Å². The average molecular weight is 112 g/mol. The maximum absolute atomic E-state index is 10.2. The van der Waals surface area contributed by atoms with Gasteiger partial charge in [0, 0.05) is 0 Å². The molecule has 8 heavy (non-hydrogen) atoms. The van der Waals surface area contributed by atoms with E-state index < -0.39 is 0 Å². The van der Waals surface area contributed by atoms with Crippen LogP contribution in [0.25, 0.3) is 0 Å². The molecule has 0 aromatic rings. The number of amides is 2. The van der Waals surface area contributed by atoms with Crippen LogP contribution in [-0.2, 0) is 9.59 Å². The fourth-order valence-corrected chi connectivity index (χ4v) is 0.412. The third kappa shape index (κ3) is 0.959. The zero-order valence-electron chi connectivity index (χ0n) is 4.13. The summed E-state index contributed by atoms with van der Waals surface area (Å²) in [6.07, 6.45) is 0. The molecule has 0 aromatic carbocycles. The lowest BCUT2D eigenvalue weighted by Crippen LogP contribution is -2.40. The van der Waals surface area contributed by atoms with Crippen LogP contribution in [0.15, 0.2) is 0 Å². The first-order chi connectivity index (χ1) is 3.79. The highest BCUT2D eigenvalue weighted by Crippen LogP contribution is 1.78. The standard InChI is InChI=1S/C4H4N2O2/c7-3-1-5-4(8)2-6-3/h1-2H2. The second kappa shape index (κ2) is 1.81. The normalized spacial score (nSPS) is 19.5. The van der Waals surface area contributed by atoms with Gasteiger partial charge in [0.05, 0.1) is 0 Å². The molecule has 1 aliphatic rings. The Bertz CT molecular complexity index is 104. The number of rotatable bonds is 0. The van der Waals surface area contributed by atoms with Crippen LogP contribution in [0.3, 0.4) is 0 Å². The van der Waals surface area contributed by atoms with Crippen LogP contribution >= 0.6 is 0 Å². The fraction of sp³-hybridized carbons (Fsp3) is 0.500. The molecule has 42 valence electrons. The molecule has 0 spiro atoms. The monoisotopic (exact) mass is 112 g/mol. The molecule has 4 heteroatoms. The Morgan fingerprint density at radius 2 is 1.38 bits per heavy atom. The highest BCUT2D eigenvalue weighted by atomic mass is 16.2. The van der Waals surface area contributed by atoms with E-state index in [-0.39, 0.29) is 24.9 Å². The van der Waals surface area contributed by atoms with Crippen LogP contribution in [0.2, 0.25) is 0 Å². The van der Waals surface area contributed by atoms with Crippen molar-refractivity contribution in [2.45, 2.75) is 0 Å². The van der Waals surface area contributed by atoms with Gasteiger partial charge in [-0.1, -0.05) is 0 Å². The Morgan fingerprint density at radius 1 is 1.00 bits per heavy atom. The molecule has 1 heterocycles. The van der Waals surface area contributed by atoms with E-state index in [4.69, 9.17) is 0 Å². The summed E-state index contributed by atoms with van der Waals surface area (Å²) in [6.45, 7) is -0.113. The lowest BCUT2D eigenvalue weighted by atomic mass is 10.4. The minimum Gasteiger partial charge on any atom is -0.271 e. The van der Waals surface area contributed by atoms with Gasteiger partial charge in [0.25, 0.3) is 11.8 Å². The van der Waals surface area contributed by atoms with Gasteiger partial charge in [-0.3, -0.25) is 9.59 Å². The number of piperazine rings is 1. The van der Waals surface area contributed by atoms with Gasteiger partial charge in [-0.25, -0.2) is 10.6 Å². The van der Waals surface area contributed by atoms with E-state index in [9.17, 15) is 9.59 Å². The summed E-state index contributed by atoms with van der Waals surface area (Å²) in [5.74, 6) is -0.603. The highest BCUT2D eigenvalue weighted by Gasteiger charge is 2.15. The van der Waals surface area contributed by atoms with Crippen molar-refractivity contribution in [3.05, 3.63) is 0 Å². The summed E-state index contributed by atoms with van der Waals surface area (Å²) in [5.41, 5.74) is 0. The zero-order chi connectivity index (χ0) is 5.98. The molecule has 2 radical (unpaired) electrons. The molecule has 1 aliphatic heterocycles. The summed E-state index contributed by atoms with van der Waals surface area (Å²) >= 11 is 0. The molecule has 0 saturated carbocycles. The van der Waals surface area contributed by atoms with E-state index in [0.29, 0.717) is 0 Å². The van der Waals surface area contributed by atoms with E-state index in [1.807, 2.05) is 0 Å². The molecule has 0 bridgehead atoms. The van der Waals surface area contributed by atoms with Gasteiger partial charge < -0.3 is 0 Å². The van der Waals surface area contributed by atoms with Crippen molar-refractivity contribution in [2.75, 3.05) is 13.1 Å². The van der Waals surface area contributed by atoms with Crippen molar-refractivity contribution < 1.29 is 9.59 Å². The quantitative estimate of drug-likeness (QED) is 0.373. The zero-order valence-corrected chi connectivity index (χ0v) is 4.13. The predicted molar refractivity (Wildman–Crippen MR) is 24.0 cm³/mol. The molecule has 2 amide bonds. The second-order valence-corrected chi connectivity index (χ2v) is 1.42. The molecule has 0 unspecified atom stereocenters. The van der Waals surface area contributed by atoms with Crippen molar-refractivity contribution in [3.63, 3.8) is 0 Å². The third-order valence-electron chi connectivity index (χ3n) is 0.781. The van der Waals surface area contributed by atoms with Crippen molar-refractivity contribution in [2.24, 2.45) is 0 Å². The maximum atomic E-state index is 10.2. The molecular weight excluding hydrogens is 108 g/mol. The first-order valence-corrected chi connectivity index (χ1v) is 2.20. The fourth-order valence-electron chi connectivity index (χ4n) is 0.412. The molecule has 0 N–H and O–H groups in total. The molecule has 1 fully saturated rings. The summed E-state index contributed by atoms with van der Waals surface area (Å²) in [5, 5.41) is 6.66. The van der Waals surface area contributed by atoms with Gasteiger partial charge in [0.15, 0.2) is 0 Å². The number of carbonyl (C=O) groups excluding carboxylic acids is 2. The second-order valence-electron chi connectivity index (χ2n) is 1.42. The topological polar surface area (TPSA) is 62.3 Å². The largest absolute Gasteiger partial charge is 0.271 e. The van der Waals surface area contributed by atoms with Crippen LogP contribution < -0.4 is 10.6 Å². The molecule has 0 aliphatic carbocycles. The van der Waals surface area contributed by atoms with Crippen molar-refractivity contribution in [1.82, 2.24) is 10.6 Å². The van der Waals surface area contributed by atoms with Crippen molar-refractivity contribution in [3.8, 4) is 0 Å². The molecular formula is C4H4N2O2. The van der Waals surface area contributed by atoms with Crippen LogP contribution in [-0.4, -0.2) is 24.9 Å². The van der Waals surface area contributed by atoms with E-state index in [1.54, 1.807) is 0 Å². The van der Waals surface area contributed by atoms with Gasteiger partial charge in [-0.15, -0.1) is 0 Å². The summed E-state index contributed by atoms with van der Waals surface area (Å²) in [7, 11) is 0. The first kappa shape index (κ1) is 5.08. The molecule has 1 rings (SSSR count). The van der Waals surface area contributed by atoms with Gasteiger partial charge >= 0.3 is 0 Å². The number of nitrogens with zero attached hydrogens (tertiary/aromatic N) is 2. The first-order valence-electron chi connectivity index (χ1n) is 2.20. The lowest BCUT2D eigenvalue weighted by molar-refractivity contribution is -0.131. The molecule has 1 saturated heterocycles. The Balaban J connectivity index is 2.40. The molecule has 0 aromatic heterocycles. The average Bonchev–Trinajstić information content (AvgIpc) is 1.77. The van der Waals surface area contributed by atoms with Crippen LogP contribution in [0, 0.1) is 0 Å². The van der Waals surface area contributed by atoms with Gasteiger partial charge in [0.2, 0.25) is 0 Å². The maximum Gasteiger partial charge on any atom is 0.263 e. The number of hydrogen-bond acceptors (Lipinski definition) is 2. The Kier molecular flexibility index (Phi) is 1.15. The van der Waals surface area contributed by atoms with Gasteiger partial charge in [0.1, 0.15) is 13.1 Å². The van der Waals surface area contributed by atoms with Gasteiger partial charge in [-0.05, 0) is 0 Å². The third-order valence-corrected chi connectivity index (χ3v) is 0.781. The van der Waals surface area contributed by atoms with Crippen LogP contribution in [0.1, 0.15) is 0 Å². The minimum absolute atomic E-state index is 0.0567. The Labute approximate surface area is 46.3 Å². The minimum atomic E-state index is -0.301. The van der Waals surface area contributed by atoms with Crippen molar-refractivity contribution in [1.29, 1.82) is 0 Å². The van der Waals surface area contributed by atoms with Gasteiger partial charge in [-0.2, -0.15) is 0 Å². The van der Waals surface area contributed by atoms with E-state index in [0.717, 1.165) is 0 Å². The predicted octanol–water partition coefficient (Wildman–Crippen LogP) is -1.74. The van der Waals surface area contributed by atoms with E-state index in [2.05, 4.69) is 10.6 Å². The van der Waals surface area contributed by atoms with Crippen LogP contribution in [0.5, 0.6) is 0 Å². The SMILES string of the molecule is O=C1C[N]C(=O)C[N]1. The van der Waals surface area contributed by atoms with E-state index in [1.165, 1.54) is 0 Å². The number of carbonyl (C=O) groups is 2. The summed E-state index contributed by atoms with van der Waals surface area (Å²) < 4.78 is 0. The number of hydrogen-bond donors (Lipinski definition) is 0. The summed E-state index contributed by atoms with van der Waals surface area (Å²) in [4.78, 5) is 20.4. The van der Waals surface area contributed by atoms with E-state index >= 15 is 0 Å². The van der Waals surface area contributed by atoms with Crippen molar-refractivity contribution >= 4 is 11.8 Å². The summed E-state index contributed by atoms with van der Waals surface area (Å²) in [6, 6.07) is 0. The molecule has 4 nitrogen and oxygen atoms in total. The molecule has 0 atom stereocenters. The Morgan fingerprint density at radius 3 is 1.62 bits per heavy atom. The highest BCUT2D eigenvalue weighted by molar-refractivity contribution is 5.91. The smallest absolute Gasteiger partial charge is 0.263 e. The Hall–Kier alpha value is -1.06.